The second-order valence-corrected chi connectivity index (χ2v) is 6.86. The second-order valence-electron chi connectivity index (χ2n) is 6.86. The third-order valence-corrected chi connectivity index (χ3v) is 4.87. The van der Waals surface area contributed by atoms with Gasteiger partial charge < -0.3 is 25.4 Å². The summed E-state index contributed by atoms with van der Waals surface area (Å²) in [5.41, 5.74) is -0.217. The lowest BCUT2D eigenvalue weighted by atomic mass is 9.81. The van der Waals surface area contributed by atoms with Crippen LogP contribution < -0.4 is 10.6 Å². The number of hydrogen-bond acceptors (Lipinski definition) is 4. The Kier molecular flexibility index (Phi) is 6.92. The van der Waals surface area contributed by atoms with Crippen LogP contribution in [0, 0.1) is 5.41 Å². The lowest BCUT2D eigenvalue weighted by molar-refractivity contribution is -0.0139. The van der Waals surface area contributed by atoms with Gasteiger partial charge in [-0.3, -0.25) is 0 Å². The Morgan fingerprint density at radius 1 is 1.27 bits per heavy atom. The summed E-state index contributed by atoms with van der Waals surface area (Å²) in [5.74, 6) is 0. The first-order valence-electron chi connectivity index (χ1n) is 8.59. The van der Waals surface area contributed by atoms with Crippen LogP contribution in [0.3, 0.4) is 0 Å². The SMILES string of the molecule is CC(CN1CCCCC1)NC(=O)NCC1(CO)CCOCC1. The molecule has 2 aliphatic rings. The Morgan fingerprint density at radius 2 is 1.95 bits per heavy atom. The molecular formula is C16H31N3O3. The fourth-order valence-corrected chi connectivity index (χ4v) is 3.31. The summed E-state index contributed by atoms with van der Waals surface area (Å²) in [6, 6.07) is 0.00157. The third kappa shape index (κ3) is 5.41. The molecule has 6 nitrogen and oxygen atoms in total. The summed E-state index contributed by atoms with van der Waals surface area (Å²) >= 11 is 0. The summed E-state index contributed by atoms with van der Waals surface area (Å²) in [6.07, 6.45) is 5.45. The number of ether oxygens (including phenoxy) is 1. The minimum Gasteiger partial charge on any atom is -0.396 e. The highest BCUT2D eigenvalue weighted by molar-refractivity contribution is 5.74. The molecule has 0 spiro atoms. The molecule has 0 radical (unpaired) electrons. The predicted octanol–water partition coefficient (Wildman–Crippen LogP) is 0.949. The number of aliphatic hydroxyl groups is 1. The fourth-order valence-electron chi connectivity index (χ4n) is 3.31. The standard InChI is InChI=1S/C16H31N3O3/c1-14(11-19-7-3-2-4-8-19)18-15(21)17-12-16(13-20)5-9-22-10-6-16/h14,20H,2-13H2,1H3,(H2,17,18,21). The number of amides is 2. The number of hydrogen-bond donors (Lipinski definition) is 3. The maximum absolute atomic E-state index is 12.0. The van der Waals surface area contributed by atoms with Gasteiger partial charge in [0.05, 0.1) is 6.61 Å². The zero-order valence-corrected chi connectivity index (χ0v) is 13.8. The van der Waals surface area contributed by atoms with Gasteiger partial charge in [-0.1, -0.05) is 6.42 Å². The Balaban J connectivity index is 1.67. The van der Waals surface area contributed by atoms with Crippen molar-refractivity contribution in [1.29, 1.82) is 0 Å². The van der Waals surface area contributed by atoms with Crippen molar-refractivity contribution in [3.05, 3.63) is 0 Å². The average Bonchev–Trinajstić information content (AvgIpc) is 2.55. The molecule has 2 saturated heterocycles. The van der Waals surface area contributed by atoms with Crippen LogP contribution in [-0.4, -0.2) is 68.1 Å². The molecule has 2 fully saturated rings. The van der Waals surface area contributed by atoms with Crippen LogP contribution in [0.25, 0.3) is 0 Å². The monoisotopic (exact) mass is 313 g/mol. The van der Waals surface area contributed by atoms with E-state index in [2.05, 4.69) is 15.5 Å². The number of rotatable bonds is 6. The highest BCUT2D eigenvalue weighted by Crippen LogP contribution is 2.28. The van der Waals surface area contributed by atoms with Gasteiger partial charge in [-0.25, -0.2) is 4.79 Å². The lowest BCUT2D eigenvalue weighted by Crippen LogP contribution is -2.50. The molecule has 2 heterocycles. The topological polar surface area (TPSA) is 73.8 Å². The number of carbonyl (C=O) groups excluding carboxylic acids is 1. The average molecular weight is 313 g/mol. The van der Waals surface area contributed by atoms with Gasteiger partial charge in [-0.05, 0) is 45.7 Å². The Bertz CT molecular complexity index is 340. The number of aliphatic hydroxyl groups excluding tert-OH is 1. The number of likely N-dealkylation sites (tertiary alicyclic amines) is 1. The van der Waals surface area contributed by atoms with E-state index in [0.29, 0.717) is 19.8 Å². The maximum Gasteiger partial charge on any atom is 0.315 e. The summed E-state index contributed by atoms with van der Waals surface area (Å²) in [7, 11) is 0. The first-order valence-corrected chi connectivity index (χ1v) is 8.59. The molecule has 128 valence electrons. The van der Waals surface area contributed by atoms with E-state index in [1.807, 2.05) is 6.92 Å². The lowest BCUT2D eigenvalue weighted by Gasteiger charge is -2.35. The van der Waals surface area contributed by atoms with Gasteiger partial charge in [0.15, 0.2) is 0 Å². The molecule has 1 atom stereocenters. The molecule has 3 N–H and O–H groups in total. The molecule has 2 amide bonds. The third-order valence-electron chi connectivity index (χ3n) is 4.87. The molecule has 0 aromatic rings. The van der Waals surface area contributed by atoms with Crippen molar-refractivity contribution < 1.29 is 14.6 Å². The van der Waals surface area contributed by atoms with Crippen molar-refractivity contribution in [3.8, 4) is 0 Å². The van der Waals surface area contributed by atoms with Crippen LogP contribution in [-0.2, 0) is 4.74 Å². The van der Waals surface area contributed by atoms with Crippen LogP contribution in [0.4, 0.5) is 4.79 Å². The smallest absolute Gasteiger partial charge is 0.315 e. The van der Waals surface area contributed by atoms with Crippen molar-refractivity contribution in [2.24, 2.45) is 5.41 Å². The van der Waals surface area contributed by atoms with Gasteiger partial charge in [0.25, 0.3) is 0 Å². The summed E-state index contributed by atoms with van der Waals surface area (Å²) in [6.45, 7) is 7.17. The fraction of sp³-hybridized carbons (Fsp3) is 0.938. The molecule has 0 aromatic heterocycles. The van der Waals surface area contributed by atoms with Crippen LogP contribution in [0.15, 0.2) is 0 Å². The number of nitrogens with zero attached hydrogens (tertiary/aromatic N) is 1. The molecular weight excluding hydrogens is 282 g/mol. The van der Waals surface area contributed by atoms with Gasteiger partial charge in [-0.15, -0.1) is 0 Å². The van der Waals surface area contributed by atoms with Gasteiger partial charge in [0.1, 0.15) is 0 Å². The van der Waals surface area contributed by atoms with E-state index in [1.165, 1.54) is 19.3 Å². The summed E-state index contributed by atoms with van der Waals surface area (Å²) in [4.78, 5) is 14.5. The molecule has 0 bridgehead atoms. The normalized spacial score (nSPS) is 23.7. The summed E-state index contributed by atoms with van der Waals surface area (Å²) < 4.78 is 5.34. The van der Waals surface area contributed by atoms with E-state index in [0.717, 1.165) is 32.5 Å². The minimum atomic E-state index is -0.217. The largest absolute Gasteiger partial charge is 0.396 e. The van der Waals surface area contributed by atoms with Gasteiger partial charge >= 0.3 is 6.03 Å². The zero-order chi connectivity index (χ0) is 15.8. The van der Waals surface area contributed by atoms with Crippen LogP contribution in [0.1, 0.15) is 39.0 Å². The number of urea groups is 1. The number of carbonyl (C=O) groups is 1. The van der Waals surface area contributed by atoms with Crippen molar-refractivity contribution in [3.63, 3.8) is 0 Å². The van der Waals surface area contributed by atoms with Gasteiger partial charge in [-0.2, -0.15) is 0 Å². The van der Waals surface area contributed by atoms with Crippen LogP contribution >= 0.6 is 0 Å². The number of nitrogens with one attached hydrogen (secondary N) is 2. The highest BCUT2D eigenvalue weighted by Gasteiger charge is 2.32. The molecule has 2 rings (SSSR count). The first-order chi connectivity index (χ1) is 10.6. The van der Waals surface area contributed by atoms with Crippen LogP contribution in [0.5, 0.6) is 0 Å². The highest BCUT2D eigenvalue weighted by atomic mass is 16.5. The minimum absolute atomic E-state index is 0.0972. The molecule has 6 heteroatoms. The van der Waals surface area contributed by atoms with Crippen molar-refractivity contribution in [2.45, 2.75) is 45.1 Å². The van der Waals surface area contributed by atoms with Crippen molar-refractivity contribution in [2.75, 3.05) is 46.0 Å². The number of piperidine rings is 1. The zero-order valence-electron chi connectivity index (χ0n) is 13.8. The van der Waals surface area contributed by atoms with E-state index < -0.39 is 0 Å². The summed E-state index contributed by atoms with van der Waals surface area (Å²) in [5, 5.41) is 15.6. The molecule has 0 aliphatic carbocycles. The second kappa shape index (κ2) is 8.70. The first kappa shape index (κ1) is 17.5. The van der Waals surface area contributed by atoms with Gasteiger partial charge in [0.2, 0.25) is 0 Å². The van der Waals surface area contributed by atoms with Gasteiger partial charge in [0, 0.05) is 37.8 Å². The molecule has 2 aliphatic heterocycles. The van der Waals surface area contributed by atoms with E-state index in [4.69, 9.17) is 4.74 Å². The quantitative estimate of drug-likeness (QED) is 0.682. The Morgan fingerprint density at radius 3 is 2.59 bits per heavy atom. The molecule has 0 aromatic carbocycles. The van der Waals surface area contributed by atoms with E-state index >= 15 is 0 Å². The van der Waals surface area contributed by atoms with E-state index in [9.17, 15) is 9.90 Å². The van der Waals surface area contributed by atoms with Crippen molar-refractivity contribution in [1.82, 2.24) is 15.5 Å². The predicted molar refractivity (Wildman–Crippen MR) is 85.9 cm³/mol. The Labute approximate surface area is 133 Å². The Hall–Kier alpha value is -0.850. The molecule has 1 unspecified atom stereocenters. The molecule has 22 heavy (non-hydrogen) atoms. The van der Waals surface area contributed by atoms with E-state index in [1.54, 1.807) is 0 Å². The van der Waals surface area contributed by atoms with Crippen LogP contribution in [0.2, 0.25) is 0 Å². The van der Waals surface area contributed by atoms with Crippen molar-refractivity contribution >= 4 is 6.03 Å². The van der Waals surface area contributed by atoms with E-state index in [-0.39, 0.29) is 24.1 Å². The maximum atomic E-state index is 12.0. The molecule has 0 saturated carbocycles.